The van der Waals surface area contributed by atoms with Crippen molar-refractivity contribution in [1.82, 2.24) is 9.13 Å². The third-order valence-electron chi connectivity index (χ3n) is 8.40. The lowest BCUT2D eigenvalue weighted by Crippen LogP contribution is -2.20. The number of hydrogen-bond donors (Lipinski definition) is 1. The number of rotatable bonds is 11. The topological polar surface area (TPSA) is 126 Å². The van der Waals surface area contributed by atoms with E-state index in [1.807, 2.05) is 18.4 Å². The van der Waals surface area contributed by atoms with E-state index in [0.29, 0.717) is 40.9 Å². The van der Waals surface area contributed by atoms with Crippen LogP contribution in [0.15, 0.2) is 70.3 Å². The number of pyridine rings is 2. The van der Waals surface area contributed by atoms with Crippen molar-refractivity contribution in [2.45, 2.75) is 60.0 Å². The third kappa shape index (κ3) is 8.78. The predicted molar refractivity (Wildman–Crippen MR) is 180 cm³/mol. The minimum Gasteiger partial charge on any atom is -0.504 e. The summed E-state index contributed by atoms with van der Waals surface area (Å²) in [5, 5.41) is 9.73. The summed E-state index contributed by atoms with van der Waals surface area (Å²) in [4.78, 5) is 48.0. The molecule has 0 spiro atoms. The molecule has 0 aliphatic heterocycles. The highest BCUT2D eigenvalue weighted by Crippen LogP contribution is 2.32. The first kappa shape index (κ1) is 34.7. The number of phenols is 1. The number of benzene rings is 2. The lowest BCUT2D eigenvalue weighted by Gasteiger charge is -2.25. The zero-order valence-corrected chi connectivity index (χ0v) is 27.8. The summed E-state index contributed by atoms with van der Waals surface area (Å²) in [6.45, 7) is 8.20. The molecule has 0 atom stereocenters. The molecule has 1 fully saturated rings. The Hall–Kier alpha value is -5.12. The van der Waals surface area contributed by atoms with E-state index in [1.54, 1.807) is 68.0 Å². The highest BCUT2D eigenvalue weighted by molar-refractivity contribution is 5.97. The van der Waals surface area contributed by atoms with E-state index in [1.165, 1.54) is 44.6 Å². The molecule has 1 aliphatic rings. The molecule has 10 heteroatoms. The number of aromatic nitrogens is 2. The van der Waals surface area contributed by atoms with E-state index in [2.05, 4.69) is 0 Å². The summed E-state index contributed by atoms with van der Waals surface area (Å²) in [6, 6.07) is 15.9. The Morgan fingerprint density at radius 1 is 0.681 bits per heavy atom. The van der Waals surface area contributed by atoms with Gasteiger partial charge in [0.05, 0.1) is 33.9 Å². The van der Waals surface area contributed by atoms with Crippen molar-refractivity contribution in [2.24, 2.45) is 5.92 Å². The number of Topliss-reactive ketones (excluding diaryl/α,β-unsaturated/α-hetero) is 2. The van der Waals surface area contributed by atoms with Gasteiger partial charge < -0.3 is 28.5 Å². The average Bonchev–Trinajstić information content (AvgIpc) is 3.00. The second kappa shape index (κ2) is 15.4. The zero-order chi connectivity index (χ0) is 34.2. The summed E-state index contributed by atoms with van der Waals surface area (Å²) in [6.07, 6.45) is 3.67. The van der Waals surface area contributed by atoms with Gasteiger partial charge in [0.15, 0.2) is 45.4 Å². The number of aryl methyl sites for hydroxylation is 4. The molecule has 1 N–H and O–H groups in total. The number of nitrogens with zero attached hydrogens (tertiary/aromatic N) is 2. The Kier molecular flexibility index (Phi) is 11.4. The van der Waals surface area contributed by atoms with Crippen LogP contribution in [-0.4, -0.2) is 46.6 Å². The van der Waals surface area contributed by atoms with Gasteiger partial charge in [0.2, 0.25) is 0 Å². The number of methoxy groups -OCH3 is 2. The number of ether oxygens (including phenoxy) is 3. The molecule has 47 heavy (non-hydrogen) atoms. The fourth-order valence-corrected chi connectivity index (χ4v) is 5.44. The van der Waals surface area contributed by atoms with E-state index in [0.717, 1.165) is 22.8 Å². The summed E-state index contributed by atoms with van der Waals surface area (Å²) < 4.78 is 19.8. The minimum absolute atomic E-state index is 0.0315. The third-order valence-corrected chi connectivity index (χ3v) is 8.40. The average molecular weight is 643 g/mol. The zero-order valence-electron chi connectivity index (χ0n) is 27.8. The Morgan fingerprint density at radius 3 is 1.53 bits per heavy atom. The van der Waals surface area contributed by atoms with Gasteiger partial charge in [-0.1, -0.05) is 6.42 Å². The van der Waals surface area contributed by atoms with E-state index < -0.39 is 0 Å². The fraction of sp³-hybridized carbons (Fsp3) is 0.351. The predicted octanol–water partition coefficient (Wildman–Crippen LogP) is 5.60. The quantitative estimate of drug-likeness (QED) is 0.210. The van der Waals surface area contributed by atoms with E-state index in [9.17, 15) is 24.3 Å². The molecule has 1 saturated carbocycles. The molecular weight excluding hydrogens is 600 g/mol. The molecule has 0 unspecified atom stereocenters. The molecule has 4 aromatic rings. The van der Waals surface area contributed by atoms with Crippen molar-refractivity contribution < 1.29 is 28.9 Å². The summed E-state index contributed by atoms with van der Waals surface area (Å²) >= 11 is 0. The van der Waals surface area contributed by atoms with Crippen LogP contribution >= 0.6 is 0 Å². The van der Waals surface area contributed by atoms with Crippen LogP contribution in [0.25, 0.3) is 0 Å². The lowest BCUT2D eigenvalue weighted by molar-refractivity contribution is 0.0962. The number of phenolic OH excluding ortho intramolecular Hbond substituents is 1. The van der Waals surface area contributed by atoms with Gasteiger partial charge in [-0.15, -0.1) is 0 Å². The second-order valence-corrected chi connectivity index (χ2v) is 11.8. The van der Waals surface area contributed by atoms with Gasteiger partial charge in [-0.3, -0.25) is 19.2 Å². The molecule has 0 bridgehead atoms. The van der Waals surface area contributed by atoms with Crippen LogP contribution < -0.4 is 25.1 Å². The summed E-state index contributed by atoms with van der Waals surface area (Å²) in [5.41, 5.74) is 3.86. The maximum absolute atomic E-state index is 12.8. The normalized spacial score (nSPS) is 12.4. The van der Waals surface area contributed by atoms with Gasteiger partial charge >= 0.3 is 0 Å². The van der Waals surface area contributed by atoms with E-state index in [4.69, 9.17) is 14.2 Å². The van der Waals surface area contributed by atoms with Gasteiger partial charge in [0, 0.05) is 58.2 Å². The van der Waals surface area contributed by atoms with Gasteiger partial charge in [0.25, 0.3) is 0 Å². The van der Waals surface area contributed by atoms with Crippen molar-refractivity contribution in [2.75, 3.05) is 20.8 Å². The Labute approximate surface area is 274 Å². The van der Waals surface area contributed by atoms with E-state index >= 15 is 0 Å². The van der Waals surface area contributed by atoms with Gasteiger partial charge in [-0.05, 0) is 82.9 Å². The number of aromatic hydroxyl groups is 1. The molecule has 0 saturated heterocycles. The van der Waals surface area contributed by atoms with Crippen LogP contribution in [-0.2, 0) is 13.1 Å². The molecule has 248 valence electrons. The van der Waals surface area contributed by atoms with Crippen molar-refractivity contribution in [3.63, 3.8) is 0 Å². The molecule has 1 aliphatic carbocycles. The molecular formula is C37H42N2O8. The molecule has 0 radical (unpaired) electrons. The van der Waals surface area contributed by atoms with Crippen LogP contribution in [0.5, 0.6) is 23.0 Å². The molecule has 5 rings (SSSR count). The largest absolute Gasteiger partial charge is 0.504 e. The van der Waals surface area contributed by atoms with Crippen molar-refractivity contribution >= 4 is 11.6 Å². The van der Waals surface area contributed by atoms with Crippen molar-refractivity contribution in [3.05, 3.63) is 115 Å². The maximum atomic E-state index is 12.8. The van der Waals surface area contributed by atoms with Crippen LogP contribution in [0, 0.1) is 33.6 Å². The van der Waals surface area contributed by atoms with Gasteiger partial charge in [-0.25, -0.2) is 0 Å². The lowest BCUT2D eigenvalue weighted by atomic mass is 9.86. The second-order valence-electron chi connectivity index (χ2n) is 11.8. The Morgan fingerprint density at radius 2 is 1.13 bits per heavy atom. The number of carbonyl (C=O) groups is 2. The summed E-state index contributed by atoms with van der Waals surface area (Å²) in [7, 11) is 3.05. The smallest absolute Gasteiger partial charge is 0.182 e. The monoisotopic (exact) mass is 642 g/mol. The molecule has 2 aromatic carbocycles. The standard InChI is InChI=1S/C21H25NO4.C16H17NO4/c1-14-9-18(23)10-15(2)22(14)12-19(24)17-7-8-20(25-3)21(11-17)26-13-16-5-4-6-16;1-10-6-13(18)7-11(2)17(10)9-15(20)12-4-5-16(21-3)14(19)8-12/h7-11,16H,4-6,12-13H2,1-3H3;4-8,19H,9H2,1-3H3. The Balaban J connectivity index is 0.000000218. The van der Waals surface area contributed by atoms with Crippen molar-refractivity contribution in [1.29, 1.82) is 0 Å². The highest BCUT2D eigenvalue weighted by atomic mass is 16.5. The molecule has 2 heterocycles. The maximum Gasteiger partial charge on any atom is 0.182 e. The first-order valence-corrected chi connectivity index (χ1v) is 15.5. The van der Waals surface area contributed by atoms with Crippen molar-refractivity contribution in [3.8, 4) is 23.0 Å². The van der Waals surface area contributed by atoms with Crippen LogP contribution in [0.3, 0.4) is 0 Å². The van der Waals surface area contributed by atoms with Crippen LogP contribution in [0.2, 0.25) is 0 Å². The van der Waals surface area contributed by atoms with Crippen LogP contribution in [0.4, 0.5) is 0 Å². The number of carbonyl (C=O) groups excluding carboxylic acids is 2. The first-order chi connectivity index (χ1) is 22.4. The van der Waals surface area contributed by atoms with E-state index in [-0.39, 0.29) is 41.3 Å². The summed E-state index contributed by atoms with van der Waals surface area (Å²) in [5.74, 6) is 1.92. The first-order valence-electron chi connectivity index (χ1n) is 15.5. The Bertz CT molecular complexity index is 1830. The number of hydrogen-bond acceptors (Lipinski definition) is 8. The van der Waals surface area contributed by atoms with Gasteiger partial charge in [-0.2, -0.15) is 0 Å². The van der Waals surface area contributed by atoms with Crippen LogP contribution in [0.1, 0.15) is 62.8 Å². The molecule has 0 amide bonds. The highest BCUT2D eigenvalue weighted by Gasteiger charge is 2.20. The fourth-order valence-electron chi connectivity index (χ4n) is 5.44. The van der Waals surface area contributed by atoms with Gasteiger partial charge in [0.1, 0.15) is 0 Å². The minimum atomic E-state index is -0.150. The SMILES string of the molecule is COc1ccc(C(=O)Cn2c(C)cc(=O)cc2C)cc1O.COc1ccc(C(=O)Cn2c(C)cc(=O)cc2C)cc1OCC1CCC1. The molecule has 10 nitrogen and oxygen atoms in total. The number of ketones is 2. The molecule has 2 aromatic heterocycles.